The van der Waals surface area contributed by atoms with Gasteiger partial charge in [-0.15, -0.1) is 0 Å². The zero-order chi connectivity index (χ0) is 18.8. The van der Waals surface area contributed by atoms with Gasteiger partial charge in [-0.05, 0) is 30.9 Å². The molecule has 25 heavy (non-hydrogen) atoms. The molecule has 0 spiro atoms. The molecule has 7 nitrogen and oxygen atoms in total. The summed E-state index contributed by atoms with van der Waals surface area (Å²) in [5, 5.41) is 13.3. The Morgan fingerprint density at radius 1 is 1.40 bits per heavy atom. The molecule has 1 amide bonds. The first kappa shape index (κ1) is 18.7. The van der Waals surface area contributed by atoms with Crippen molar-refractivity contribution < 1.29 is 32.4 Å². The second-order valence-corrected chi connectivity index (χ2v) is 5.59. The van der Waals surface area contributed by atoms with Crippen LogP contribution >= 0.6 is 0 Å². The van der Waals surface area contributed by atoms with Crippen molar-refractivity contribution in [1.82, 2.24) is 5.32 Å². The zero-order valence-corrected chi connectivity index (χ0v) is 13.2. The lowest BCUT2D eigenvalue weighted by atomic mass is 9.85. The number of ether oxygens (including phenoxy) is 1. The van der Waals surface area contributed by atoms with E-state index in [0.717, 1.165) is 6.92 Å². The highest BCUT2D eigenvalue weighted by atomic mass is 19.4. The van der Waals surface area contributed by atoms with Gasteiger partial charge in [0.05, 0.1) is 16.5 Å². The van der Waals surface area contributed by atoms with E-state index in [1.807, 2.05) is 5.32 Å². The fourth-order valence-corrected chi connectivity index (χ4v) is 2.84. The van der Waals surface area contributed by atoms with Crippen LogP contribution in [-0.4, -0.2) is 23.0 Å². The maximum absolute atomic E-state index is 12.5. The molecule has 0 saturated heterocycles. The van der Waals surface area contributed by atoms with Gasteiger partial charge in [0.25, 0.3) is 5.69 Å². The zero-order valence-electron chi connectivity index (χ0n) is 13.2. The van der Waals surface area contributed by atoms with Crippen LogP contribution in [0.5, 0.6) is 0 Å². The first-order valence-electron chi connectivity index (χ1n) is 7.41. The summed E-state index contributed by atoms with van der Waals surface area (Å²) >= 11 is 0. The number of nitrogens with zero attached hydrogens (tertiary/aromatic N) is 1. The maximum Gasteiger partial charge on any atom is 0.471 e. The van der Waals surface area contributed by atoms with E-state index < -0.39 is 29.0 Å². The van der Waals surface area contributed by atoms with Crippen molar-refractivity contribution in [2.24, 2.45) is 0 Å². The summed E-state index contributed by atoms with van der Waals surface area (Å²) < 4.78 is 42.2. The molecule has 10 heteroatoms. The lowest BCUT2D eigenvalue weighted by Gasteiger charge is -2.27. The van der Waals surface area contributed by atoms with Gasteiger partial charge in [0, 0.05) is 12.5 Å². The standard InChI is InChI=1S/C15H15F3N2O5/c1-8(21)25-7-9-5-6-10-11(13(9)20(23)24)3-2-4-12(10)19-14(22)15(16,17)18/h5-6,12H,2-4,7H2,1H3,(H,19,22). The van der Waals surface area contributed by atoms with E-state index >= 15 is 0 Å². The van der Waals surface area contributed by atoms with Gasteiger partial charge in [-0.3, -0.25) is 19.7 Å². The third-order valence-electron chi connectivity index (χ3n) is 3.87. The van der Waals surface area contributed by atoms with Crippen LogP contribution in [0.4, 0.5) is 18.9 Å². The number of carbonyl (C=O) groups is 2. The lowest BCUT2D eigenvalue weighted by Crippen LogP contribution is -2.40. The molecule has 1 aliphatic carbocycles. The Hall–Kier alpha value is -2.65. The predicted molar refractivity (Wildman–Crippen MR) is 78.4 cm³/mol. The number of amides is 1. The van der Waals surface area contributed by atoms with Gasteiger partial charge in [0.2, 0.25) is 0 Å². The summed E-state index contributed by atoms with van der Waals surface area (Å²) in [7, 11) is 0. The molecule has 2 rings (SSSR count). The van der Waals surface area contributed by atoms with Crippen LogP contribution in [0.25, 0.3) is 0 Å². The van der Waals surface area contributed by atoms with E-state index in [1.165, 1.54) is 12.1 Å². The highest BCUT2D eigenvalue weighted by molar-refractivity contribution is 5.82. The molecule has 0 bridgehead atoms. The van der Waals surface area contributed by atoms with Gasteiger partial charge >= 0.3 is 18.1 Å². The second-order valence-electron chi connectivity index (χ2n) is 5.59. The number of nitro benzene ring substituents is 1. The number of rotatable bonds is 4. The molecule has 1 atom stereocenters. The minimum atomic E-state index is -5.03. The van der Waals surface area contributed by atoms with Crippen LogP contribution in [0, 0.1) is 10.1 Å². The normalized spacial score (nSPS) is 16.7. The molecule has 0 radical (unpaired) electrons. The van der Waals surface area contributed by atoms with Crippen LogP contribution in [0.1, 0.15) is 42.5 Å². The molecule has 1 aliphatic rings. The molecule has 0 aliphatic heterocycles. The quantitative estimate of drug-likeness (QED) is 0.506. The van der Waals surface area contributed by atoms with E-state index in [1.54, 1.807) is 0 Å². The molecule has 1 aromatic carbocycles. The lowest BCUT2D eigenvalue weighted by molar-refractivity contribution is -0.386. The third kappa shape index (κ3) is 4.25. The molecule has 1 N–H and O–H groups in total. The van der Waals surface area contributed by atoms with Crippen LogP contribution in [0.15, 0.2) is 12.1 Å². The number of benzene rings is 1. The van der Waals surface area contributed by atoms with E-state index in [9.17, 15) is 32.9 Å². The van der Waals surface area contributed by atoms with Gasteiger partial charge in [0.1, 0.15) is 6.61 Å². The number of halogens is 3. The second kappa shape index (κ2) is 7.08. The number of hydrogen-bond donors (Lipinski definition) is 1. The first-order valence-corrected chi connectivity index (χ1v) is 7.41. The number of alkyl halides is 3. The van der Waals surface area contributed by atoms with Crippen LogP contribution < -0.4 is 5.32 Å². The Morgan fingerprint density at radius 2 is 2.08 bits per heavy atom. The van der Waals surface area contributed by atoms with Crippen molar-refractivity contribution in [2.45, 2.75) is 45.0 Å². The summed E-state index contributed by atoms with van der Waals surface area (Å²) in [6.45, 7) is 0.853. The Labute approximate surface area is 140 Å². The minimum absolute atomic E-state index is 0.154. The summed E-state index contributed by atoms with van der Waals surface area (Å²) in [5.41, 5.74) is 0.405. The van der Waals surface area contributed by atoms with Gasteiger partial charge in [-0.1, -0.05) is 6.07 Å². The number of fused-ring (bicyclic) bond motifs is 1. The number of nitro groups is 1. The Kier molecular flexibility index (Phi) is 5.29. The smallest absolute Gasteiger partial charge is 0.461 e. The molecule has 136 valence electrons. The molecular formula is C15H15F3N2O5. The fourth-order valence-electron chi connectivity index (χ4n) is 2.84. The SMILES string of the molecule is CC(=O)OCc1ccc2c(c1[N+](=O)[O-])CCCC2NC(=O)C(F)(F)F. The topological polar surface area (TPSA) is 98.5 Å². The molecule has 0 saturated carbocycles. The van der Waals surface area contributed by atoms with E-state index in [-0.39, 0.29) is 41.8 Å². The molecule has 0 aromatic heterocycles. The van der Waals surface area contributed by atoms with Crippen molar-refractivity contribution in [3.63, 3.8) is 0 Å². The first-order chi connectivity index (χ1) is 11.6. The van der Waals surface area contributed by atoms with Gasteiger partial charge in [-0.25, -0.2) is 0 Å². The average Bonchev–Trinajstić information content (AvgIpc) is 2.51. The van der Waals surface area contributed by atoms with Crippen molar-refractivity contribution in [1.29, 1.82) is 0 Å². The van der Waals surface area contributed by atoms with Crippen molar-refractivity contribution in [3.05, 3.63) is 38.9 Å². The summed E-state index contributed by atoms with van der Waals surface area (Å²) in [6, 6.07) is 1.80. The summed E-state index contributed by atoms with van der Waals surface area (Å²) in [4.78, 5) is 32.9. The number of esters is 1. The fraction of sp³-hybridized carbons (Fsp3) is 0.467. The highest BCUT2D eigenvalue weighted by Crippen LogP contribution is 2.38. The van der Waals surface area contributed by atoms with Crippen molar-refractivity contribution >= 4 is 17.6 Å². The Balaban J connectivity index is 2.39. The van der Waals surface area contributed by atoms with Gasteiger partial charge < -0.3 is 10.1 Å². The van der Waals surface area contributed by atoms with Crippen LogP contribution in [-0.2, 0) is 27.4 Å². The number of hydrogen-bond acceptors (Lipinski definition) is 5. The summed E-state index contributed by atoms with van der Waals surface area (Å²) in [5.74, 6) is -2.70. The number of nitrogens with one attached hydrogen (secondary N) is 1. The predicted octanol–water partition coefficient (Wildman–Crippen LogP) is 2.71. The molecule has 0 fully saturated rings. The average molecular weight is 360 g/mol. The Bertz CT molecular complexity index is 718. The van der Waals surface area contributed by atoms with Gasteiger partial charge in [-0.2, -0.15) is 13.2 Å². The monoisotopic (exact) mass is 360 g/mol. The van der Waals surface area contributed by atoms with Gasteiger partial charge in [0.15, 0.2) is 0 Å². The minimum Gasteiger partial charge on any atom is -0.461 e. The molecule has 1 unspecified atom stereocenters. The van der Waals surface area contributed by atoms with Crippen LogP contribution in [0.2, 0.25) is 0 Å². The molecule has 1 aromatic rings. The summed E-state index contributed by atoms with van der Waals surface area (Å²) in [6.07, 6.45) is -4.11. The molecular weight excluding hydrogens is 345 g/mol. The van der Waals surface area contributed by atoms with Crippen molar-refractivity contribution in [2.75, 3.05) is 0 Å². The van der Waals surface area contributed by atoms with E-state index in [0.29, 0.717) is 6.42 Å². The maximum atomic E-state index is 12.5. The number of carbonyl (C=O) groups excluding carboxylic acids is 2. The highest BCUT2D eigenvalue weighted by Gasteiger charge is 2.41. The largest absolute Gasteiger partial charge is 0.471 e. The van der Waals surface area contributed by atoms with E-state index in [2.05, 4.69) is 0 Å². The Morgan fingerprint density at radius 3 is 2.64 bits per heavy atom. The third-order valence-corrected chi connectivity index (χ3v) is 3.87. The van der Waals surface area contributed by atoms with Crippen molar-refractivity contribution in [3.8, 4) is 0 Å². The molecule has 0 heterocycles. The van der Waals surface area contributed by atoms with E-state index in [4.69, 9.17) is 4.74 Å². The van der Waals surface area contributed by atoms with Crippen LogP contribution in [0.3, 0.4) is 0 Å².